The Kier molecular flexibility index (Phi) is 5.71. The average molecular weight is 332 g/mol. The van der Waals surface area contributed by atoms with Crippen molar-refractivity contribution >= 4 is 5.97 Å². The van der Waals surface area contributed by atoms with Crippen LogP contribution in [-0.2, 0) is 9.53 Å². The Labute approximate surface area is 141 Å². The molecule has 4 heteroatoms. The minimum absolute atomic E-state index is 0.0872. The Morgan fingerprint density at radius 1 is 1.17 bits per heavy atom. The lowest BCUT2D eigenvalue weighted by atomic mass is 9.90. The fourth-order valence-electron chi connectivity index (χ4n) is 2.88. The minimum Gasteiger partial charge on any atom is -0.466 e. The van der Waals surface area contributed by atoms with Crippen molar-refractivity contribution in [1.29, 1.82) is 0 Å². The molecule has 0 aromatic heterocycles. The lowest BCUT2D eigenvalue weighted by Crippen LogP contribution is -2.10. The van der Waals surface area contributed by atoms with Crippen molar-refractivity contribution in [1.82, 2.24) is 0 Å². The standard InChI is InChI=1S/C20H22F2O2/c1-5-24-18(23)10-13(3)16-11-15(9-14(4)20(16)22)19-12(2)7-6-8-17(19)21/h6-9,11,13H,5,10H2,1-4H3/t13-/m0/s1. The van der Waals surface area contributed by atoms with Crippen molar-refractivity contribution in [2.24, 2.45) is 0 Å². The Morgan fingerprint density at radius 2 is 1.88 bits per heavy atom. The van der Waals surface area contributed by atoms with Gasteiger partial charge >= 0.3 is 5.97 Å². The van der Waals surface area contributed by atoms with Gasteiger partial charge in [0, 0.05) is 5.56 Å². The highest BCUT2D eigenvalue weighted by atomic mass is 19.1. The van der Waals surface area contributed by atoms with E-state index in [0.717, 1.165) is 5.56 Å². The van der Waals surface area contributed by atoms with Crippen LogP contribution in [0.25, 0.3) is 11.1 Å². The first-order chi connectivity index (χ1) is 11.3. The highest BCUT2D eigenvalue weighted by molar-refractivity contribution is 5.72. The molecule has 0 bridgehead atoms. The highest BCUT2D eigenvalue weighted by Crippen LogP contribution is 2.33. The Morgan fingerprint density at radius 3 is 2.50 bits per heavy atom. The second kappa shape index (κ2) is 7.56. The molecule has 2 nitrogen and oxygen atoms in total. The van der Waals surface area contributed by atoms with Gasteiger partial charge in [-0.15, -0.1) is 0 Å². The number of benzene rings is 2. The van der Waals surface area contributed by atoms with Gasteiger partial charge in [-0.25, -0.2) is 8.78 Å². The predicted molar refractivity (Wildman–Crippen MR) is 90.9 cm³/mol. The van der Waals surface area contributed by atoms with Crippen LogP contribution in [0.4, 0.5) is 8.78 Å². The molecule has 2 rings (SSSR count). The number of aryl methyl sites for hydroxylation is 2. The zero-order valence-electron chi connectivity index (χ0n) is 14.5. The van der Waals surface area contributed by atoms with E-state index in [0.29, 0.717) is 28.9 Å². The van der Waals surface area contributed by atoms with Crippen molar-refractivity contribution in [3.63, 3.8) is 0 Å². The van der Waals surface area contributed by atoms with Crippen LogP contribution in [0.15, 0.2) is 30.3 Å². The zero-order chi connectivity index (χ0) is 17.9. The smallest absolute Gasteiger partial charge is 0.306 e. The van der Waals surface area contributed by atoms with E-state index in [2.05, 4.69) is 0 Å². The molecule has 0 heterocycles. The first kappa shape index (κ1) is 18.1. The molecule has 2 aromatic carbocycles. The first-order valence-electron chi connectivity index (χ1n) is 8.06. The minimum atomic E-state index is -0.366. The van der Waals surface area contributed by atoms with E-state index in [4.69, 9.17) is 4.74 Å². The number of halogens is 2. The van der Waals surface area contributed by atoms with Gasteiger partial charge < -0.3 is 4.74 Å². The maximum atomic E-state index is 14.5. The van der Waals surface area contributed by atoms with Crippen LogP contribution < -0.4 is 0 Å². The van der Waals surface area contributed by atoms with Crippen LogP contribution >= 0.6 is 0 Å². The van der Waals surface area contributed by atoms with Gasteiger partial charge in [0.05, 0.1) is 13.0 Å². The molecule has 0 saturated carbocycles. The van der Waals surface area contributed by atoms with Crippen molar-refractivity contribution in [2.45, 2.75) is 40.0 Å². The normalized spacial score (nSPS) is 12.1. The summed E-state index contributed by atoms with van der Waals surface area (Å²) in [6.07, 6.45) is 0.0872. The van der Waals surface area contributed by atoms with Gasteiger partial charge in [-0.1, -0.05) is 19.1 Å². The average Bonchev–Trinajstić information content (AvgIpc) is 2.50. The monoisotopic (exact) mass is 332 g/mol. The van der Waals surface area contributed by atoms with Crippen molar-refractivity contribution in [3.05, 3.63) is 58.7 Å². The van der Waals surface area contributed by atoms with Gasteiger partial charge in [-0.3, -0.25) is 4.79 Å². The number of carbonyl (C=O) groups excluding carboxylic acids is 1. The highest BCUT2D eigenvalue weighted by Gasteiger charge is 2.20. The summed E-state index contributed by atoms with van der Waals surface area (Å²) in [5, 5.41) is 0. The summed E-state index contributed by atoms with van der Waals surface area (Å²) in [5.41, 5.74) is 2.70. The van der Waals surface area contributed by atoms with E-state index < -0.39 is 0 Å². The quantitative estimate of drug-likeness (QED) is 0.694. The van der Waals surface area contributed by atoms with Crippen LogP contribution in [-0.4, -0.2) is 12.6 Å². The molecule has 0 N–H and O–H groups in total. The summed E-state index contributed by atoms with van der Waals surface area (Å²) in [7, 11) is 0. The van der Waals surface area contributed by atoms with Gasteiger partial charge in [-0.2, -0.15) is 0 Å². The molecule has 0 unspecified atom stereocenters. The fourth-order valence-corrected chi connectivity index (χ4v) is 2.88. The van der Waals surface area contributed by atoms with E-state index in [1.54, 1.807) is 39.0 Å². The molecule has 0 radical (unpaired) electrons. The van der Waals surface area contributed by atoms with Crippen molar-refractivity contribution < 1.29 is 18.3 Å². The summed E-state index contributed by atoms with van der Waals surface area (Å²) in [6, 6.07) is 8.13. The number of hydrogen-bond donors (Lipinski definition) is 0. The molecule has 0 aliphatic rings. The maximum Gasteiger partial charge on any atom is 0.306 e. The summed E-state index contributed by atoms with van der Waals surface area (Å²) in [4.78, 5) is 11.7. The molecule has 0 saturated heterocycles. The third-order valence-electron chi connectivity index (χ3n) is 4.10. The third-order valence-corrected chi connectivity index (χ3v) is 4.10. The van der Waals surface area contributed by atoms with Crippen LogP contribution in [0.5, 0.6) is 0 Å². The summed E-state index contributed by atoms with van der Waals surface area (Å²) in [6.45, 7) is 7.26. The number of esters is 1. The zero-order valence-corrected chi connectivity index (χ0v) is 14.5. The SMILES string of the molecule is CCOC(=O)C[C@H](C)c1cc(-c2c(C)cccc2F)cc(C)c1F. The topological polar surface area (TPSA) is 26.3 Å². The molecule has 0 aliphatic heterocycles. The molecule has 0 spiro atoms. The lowest BCUT2D eigenvalue weighted by molar-refractivity contribution is -0.143. The van der Waals surface area contributed by atoms with Gasteiger partial charge in [0.2, 0.25) is 0 Å². The van der Waals surface area contributed by atoms with Gasteiger partial charge in [0.25, 0.3) is 0 Å². The number of rotatable bonds is 5. The fraction of sp³-hybridized carbons (Fsp3) is 0.350. The van der Waals surface area contributed by atoms with E-state index in [1.807, 2.05) is 13.0 Å². The molecule has 2 aromatic rings. The van der Waals surface area contributed by atoms with E-state index in [9.17, 15) is 13.6 Å². The van der Waals surface area contributed by atoms with Gasteiger partial charge in [-0.05, 0) is 67.1 Å². The summed E-state index contributed by atoms with van der Waals surface area (Å²) < 4.78 is 33.7. The van der Waals surface area contributed by atoms with Crippen molar-refractivity contribution in [2.75, 3.05) is 6.61 Å². The lowest BCUT2D eigenvalue weighted by Gasteiger charge is -2.17. The Balaban J connectivity index is 2.47. The third kappa shape index (κ3) is 3.81. The molecule has 0 fully saturated rings. The molecule has 128 valence electrons. The van der Waals surface area contributed by atoms with Crippen LogP contribution in [0.2, 0.25) is 0 Å². The molecule has 0 amide bonds. The maximum absolute atomic E-state index is 14.5. The van der Waals surface area contributed by atoms with Crippen molar-refractivity contribution in [3.8, 4) is 11.1 Å². The van der Waals surface area contributed by atoms with E-state index >= 15 is 0 Å². The van der Waals surface area contributed by atoms with Gasteiger partial charge in [0.15, 0.2) is 0 Å². The number of carbonyl (C=O) groups is 1. The summed E-state index contributed by atoms with van der Waals surface area (Å²) in [5.74, 6) is -1.42. The van der Waals surface area contributed by atoms with Crippen LogP contribution in [0.1, 0.15) is 42.9 Å². The number of hydrogen-bond acceptors (Lipinski definition) is 2. The first-order valence-corrected chi connectivity index (χ1v) is 8.06. The van der Waals surface area contributed by atoms with Gasteiger partial charge in [0.1, 0.15) is 11.6 Å². The Bertz CT molecular complexity index is 733. The molecule has 24 heavy (non-hydrogen) atoms. The van der Waals surface area contributed by atoms with E-state index in [-0.39, 0.29) is 29.9 Å². The van der Waals surface area contributed by atoms with Crippen LogP contribution in [0.3, 0.4) is 0 Å². The van der Waals surface area contributed by atoms with E-state index in [1.165, 1.54) is 6.07 Å². The van der Waals surface area contributed by atoms with Crippen LogP contribution in [0, 0.1) is 25.5 Å². The second-order valence-corrected chi connectivity index (χ2v) is 6.04. The largest absolute Gasteiger partial charge is 0.466 e. The predicted octanol–water partition coefficient (Wildman–Crippen LogP) is 5.31. The Hall–Kier alpha value is -2.23. The molecular formula is C20H22F2O2. The number of ether oxygens (including phenoxy) is 1. The molecule has 0 aliphatic carbocycles. The summed E-state index contributed by atoms with van der Waals surface area (Å²) >= 11 is 0. The molecular weight excluding hydrogens is 310 g/mol. The second-order valence-electron chi connectivity index (χ2n) is 6.04. The molecule has 1 atom stereocenters.